The second-order valence-electron chi connectivity index (χ2n) is 2.36. The molecule has 1 aromatic rings. The number of benzene rings is 1. The Morgan fingerprint density at radius 1 is 1.33 bits per heavy atom. The van der Waals surface area contributed by atoms with E-state index in [9.17, 15) is 0 Å². The van der Waals surface area contributed by atoms with Crippen LogP contribution in [0.5, 0.6) is 0 Å². The lowest BCUT2D eigenvalue weighted by Gasteiger charge is -1.98. The van der Waals surface area contributed by atoms with Crippen molar-refractivity contribution in [3.05, 3.63) is 29.3 Å². The maximum Gasteiger partial charge on any atom is 0.0995 e. The van der Waals surface area contributed by atoms with E-state index in [-0.39, 0.29) is 6.42 Å². The first-order valence-corrected chi connectivity index (χ1v) is 3.43. The van der Waals surface area contributed by atoms with E-state index >= 15 is 0 Å². The molecule has 0 fully saturated rings. The lowest BCUT2D eigenvalue weighted by molar-refractivity contribution is 1.24. The van der Waals surface area contributed by atoms with Crippen LogP contribution in [0.4, 0.5) is 5.69 Å². The molecule has 0 aliphatic heterocycles. The Kier molecular flexibility index (Phi) is 2.30. The summed E-state index contributed by atoms with van der Waals surface area (Å²) in [7, 11) is 0. The van der Waals surface area contributed by atoms with Gasteiger partial charge in [-0.1, -0.05) is 6.07 Å². The van der Waals surface area contributed by atoms with Gasteiger partial charge in [-0.05, 0) is 17.7 Å². The van der Waals surface area contributed by atoms with Gasteiger partial charge < -0.3 is 5.73 Å². The van der Waals surface area contributed by atoms with Crippen molar-refractivity contribution in [3.63, 3.8) is 0 Å². The smallest absolute Gasteiger partial charge is 0.0995 e. The Morgan fingerprint density at radius 3 is 2.67 bits per heavy atom. The first-order valence-electron chi connectivity index (χ1n) is 3.43. The Labute approximate surface area is 70.7 Å². The molecule has 3 heteroatoms. The van der Waals surface area contributed by atoms with Crippen LogP contribution in [-0.2, 0) is 6.42 Å². The molecule has 0 saturated carbocycles. The summed E-state index contributed by atoms with van der Waals surface area (Å²) in [6.07, 6.45) is 0.253. The van der Waals surface area contributed by atoms with E-state index in [0.29, 0.717) is 11.3 Å². The summed E-state index contributed by atoms with van der Waals surface area (Å²) in [6, 6.07) is 8.95. The lowest BCUT2D eigenvalue weighted by atomic mass is 10.1. The summed E-state index contributed by atoms with van der Waals surface area (Å²) in [5.74, 6) is 0. The summed E-state index contributed by atoms with van der Waals surface area (Å²) in [6.45, 7) is 0. The molecule has 12 heavy (non-hydrogen) atoms. The van der Waals surface area contributed by atoms with E-state index in [1.54, 1.807) is 18.2 Å². The second-order valence-corrected chi connectivity index (χ2v) is 2.36. The average molecular weight is 157 g/mol. The summed E-state index contributed by atoms with van der Waals surface area (Å²) in [4.78, 5) is 0. The van der Waals surface area contributed by atoms with Crippen LogP contribution in [0, 0.1) is 22.7 Å². The minimum atomic E-state index is 0.253. The Bertz CT molecular complexity index is 368. The average Bonchev–Trinajstić information content (AvgIpc) is 2.08. The SMILES string of the molecule is N#CCc1ccc(N)cc1C#N. The third-order valence-electron chi connectivity index (χ3n) is 1.52. The lowest BCUT2D eigenvalue weighted by Crippen LogP contribution is -1.91. The van der Waals surface area contributed by atoms with Crippen molar-refractivity contribution in [1.82, 2.24) is 0 Å². The van der Waals surface area contributed by atoms with Crippen LogP contribution < -0.4 is 5.73 Å². The van der Waals surface area contributed by atoms with Crippen molar-refractivity contribution < 1.29 is 0 Å². The minimum absolute atomic E-state index is 0.253. The summed E-state index contributed by atoms with van der Waals surface area (Å²) < 4.78 is 0. The van der Waals surface area contributed by atoms with Crippen molar-refractivity contribution in [2.45, 2.75) is 6.42 Å². The van der Waals surface area contributed by atoms with E-state index in [1.165, 1.54) is 0 Å². The van der Waals surface area contributed by atoms with Crippen LogP contribution in [0.15, 0.2) is 18.2 Å². The van der Waals surface area contributed by atoms with Gasteiger partial charge in [-0.25, -0.2) is 0 Å². The van der Waals surface area contributed by atoms with Gasteiger partial charge in [-0.2, -0.15) is 10.5 Å². The Morgan fingerprint density at radius 2 is 2.08 bits per heavy atom. The highest BCUT2D eigenvalue weighted by Gasteiger charge is 2.00. The molecule has 1 aromatic carbocycles. The third-order valence-corrected chi connectivity index (χ3v) is 1.52. The van der Waals surface area contributed by atoms with E-state index in [2.05, 4.69) is 0 Å². The Balaban J connectivity index is 3.15. The predicted octanol–water partition coefficient (Wildman–Crippen LogP) is 1.21. The number of nitrogen functional groups attached to an aromatic ring is 1. The number of rotatable bonds is 1. The fourth-order valence-electron chi connectivity index (χ4n) is 0.937. The molecule has 0 aromatic heterocycles. The second kappa shape index (κ2) is 3.41. The number of nitrogens with two attached hydrogens (primary N) is 1. The molecule has 3 nitrogen and oxygen atoms in total. The van der Waals surface area contributed by atoms with E-state index < -0.39 is 0 Å². The van der Waals surface area contributed by atoms with Gasteiger partial charge in [-0.15, -0.1) is 0 Å². The molecular formula is C9H7N3. The normalized spacial score (nSPS) is 8.50. The van der Waals surface area contributed by atoms with Gasteiger partial charge in [0.05, 0.1) is 24.1 Å². The molecule has 0 amide bonds. The van der Waals surface area contributed by atoms with Gasteiger partial charge in [0.15, 0.2) is 0 Å². The molecule has 0 radical (unpaired) electrons. The van der Waals surface area contributed by atoms with Gasteiger partial charge >= 0.3 is 0 Å². The van der Waals surface area contributed by atoms with Crippen molar-refractivity contribution >= 4 is 5.69 Å². The number of hydrogen-bond acceptors (Lipinski definition) is 3. The fraction of sp³-hybridized carbons (Fsp3) is 0.111. The van der Waals surface area contributed by atoms with E-state index in [0.717, 1.165) is 5.56 Å². The van der Waals surface area contributed by atoms with Crippen molar-refractivity contribution in [1.29, 1.82) is 10.5 Å². The quantitative estimate of drug-likeness (QED) is 0.622. The zero-order valence-electron chi connectivity index (χ0n) is 6.41. The van der Waals surface area contributed by atoms with Crippen LogP contribution in [-0.4, -0.2) is 0 Å². The van der Waals surface area contributed by atoms with Gasteiger partial charge in [0.25, 0.3) is 0 Å². The van der Waals surface area contributed by atoms with E-state index in [1.807, 2.05) is 12.1 Å². The van der Waals surface area contributed by atoms with Crippen molar-refractivity contribution in [2.75, 3.05) is 5.73 Å². The minimum Gasteiger partial charge on any atom is -0.399 e. The molecular weight excluding hydrogens is 150 g/mol. The first kappa shape index (κ1) is 8.10. The molecule has 0 heterocycles. The van der Waals surface area contributed by atoms with Crippen LogP contribution >= 0.6 is 0 Å². The number of nitriles is 2. The summed E-state index contributed by atoms with van der Waals surface area (Å²) in [5.41, 5.74) is 7.23. The fourth-order valence-corrected chi connectivity index (χ4v) is 0.937. The molecule has 0 aliphatic carbocycles. The third kappa shape index (κ3) is 1.53. The van der Waals surface area contributed by atoms with Gasteiger partial charge in [0, 0.05) is 5.69 Å². The Hall–Kier alpha value is -2.00. The van der Waals surface area contributed by atoms with Crippen LogP contribution in [0.3, 0.4) is 0 Å². The molecule has 58 valence electrons. The van der Waals surface area contributed by atoms with Crippen LogP contribution in [0.25, 0.3) is 0 Å². The van der Waals surface area contributed by atoms with Gasteiger partial charge in [0.1, 0.15) is 0 Å². The molecule has 1 rings (SSSR count). The van der Waals surface area contributed by atoms with Gasteiger partial charge in [-0.3, -0.25) is 0 Å². The molecule has 0 spiro atoms. The zero-order chi connectivity index (χ0) is 8.97. The van der Waals surface area contributed by atoms with Crippen LogP contribution in [0.2, 0.25) is 0 Å². The number of hydrogen-bond donors (Lipinski definition) is 1. The summed E-state index contributed by atoms with van der Waals surface area (Å²) in [5, 5.41) is 17.1. The highest BCUT2D eigenvalue weighted by molar-refractivity contribution is 5.50. The molecule has 0 unspecified atom stereocenters. The molecule has 0 saturated heterocycles. The molecule has 0 atom stereocenters. The van der Waals surface area contributed by atoms with Gasteiger partial charge in [0.2, 0.25) is 0 Å². The van der Waals surface area contributed by atoms with Crippen molar-refractivity contribution in [3.8, 4) is 12.1 Å². The standard InChI is InChI=1S/C9H7N3/c10-4-3-7-1-2-9(12)5-8(7)6-11/h1-2,5H,3,12H2. The first-order chi connectivity index (χ1) is 5.77. The highest BCUT2D eigenvalue weighted by Crippen LogP contribution is 2.12. The monoisotopic (exact) mass is 157 g/mol. The molecule has 2 N–H and O–H groups in total. The summed E-state index contributed by atoms with van der Waals surface area (Å²) >= 11 is 0. The highest BCUT2D eigenvalue weighted by atomic mass is 14.5. The van der Waals surface area contributed by atoms with Crippen molar-refractivity contribution in [2.24, 2.45) is 0 Å². The zero-order valence-corrected chi connectivity index (χ0v) is 6.41. The number of nitrogens with zero attached hydrogens (tertiary/aromatic N) is 2. The maximum atomic E-state index is 8.65. The predicted molar refractivity (Wildman–Crippen MR) is 44.9 cm³/mol. The van der Waals surface area contributed by atoms with E-state index in [4.69, 9.17) is 16.3 Å². The molecule has 0 bridgehead atoms. The largest absolute Gasteiger partial charge is 0.399 e. The number of anilines is 1. The maximum absolute atomic E-state index is 8.65. The van der Waals surface area contributed by atoms with Crippen LogP contribution in [0.1, 0.15) is 11.1 Å². The topological polar surface area (TPSA) is 73.6 Å². The molecule has 0 aliphatic rings.